The second-order valence-electron chi connectivity index (χ2n) is 10.9. The third-order valence-electron chi connectivity index (χ3n) is 8.32. The Bertz CT molecular complexity index is 1260. The first kappa shape index (κ1) is 26.0. The predicted molar refractivity (Wildman–Crippen MR) is 149 cm³/mol. The molecule has 3 aromatic heterocycles. The zero-order valence-corrected chi connectivity index (χ0v) is 22.6. The molecule has 0 unspecified atom stereocenters. The monoisotopic (exact) mass is 533 g/mol. The summed E-state index contributed by atoms with van der Waals surface area (Å²) >= 11 is 0. The Balaban J connectivity index is 1.19. The second-order valence-corrected chi connectivity index (χ2v) is 10.9. The van der Waals surface area contributed by atoms with Crippen molar-refractivity contribution in [1.82, 2.24) is 29.2 Å². The van der Waals surface area contributed by atoms with Gasteiger partial charge in [-0.3, -0.25) is 9.58 Å². The lowest BCUT2D eigenvalue weighted by molar-refractivity contribution is 0.00791. The molecule has 5 heterocycles. The van der Waals surface area contributed by atoms with E-state index < -0.39 is 0 Å². The number of nitrogens with one attached hydrogen (secondary N) is 2. The van der Waals surface area contributed by atoms with Crippen LogP contribution in [0.4, 0.5) is 17.5 Å². The summed E-state index contributed by atoms with van der Waals surface area (Å²) in [7, 11) is 0. The van der Waals surface area contributed by atoms with E-state index in [-0.39, 0.29) is 0 Å². The lowest BCUT2D eigenvalue weighted by Gasteiger charge is -2.39. The number of morpholine rings is 1. The van der Waals surface area contributed by atoms with Gasteiger partial charge in [-0.1, -0.05) is 0 Å². The number of fused-ring (bicyclic) bond motifs is 1. The van der Waals surface area contributed by atoms with Crippen LogP contribution in [0, 0.1) is 11.3 Å². The molecule has 0 amide bonds. The van der Waals surface area contributed by atoms with Gasteiger partial charge in [0.15, 0.2) is 5.82 Å². The number of nitrogens with zero attached hydrogens (tertiary/aromatic N) is 7. The molecule has 0 atom stereocenters. The fourth-order valence-corrected chi connectivity index (χ4v) is 6.18. The molecule has 2 aliphatic heterocycles. The minimum absolute atomic E-state index is 0.366. The molecule has 208 valence electrons. The average Bonchev–Trinajstić information content (AvgIpc) is 3.62. The van der Waals surface area contributed by atoms with Gasteiger partial charge in [0.05, 0.1) is 42.7 Å². The average molecular weight is 534 g/mol. The molecule has 0 aromatic carbocycles. The van der Waals surface area contributed by atoms with E-state index in [4.69, 9.17) is 24.7 Å². The highest BCUT2D eigenvalue weighted by atomic mass is 16.5. The number of nitriles is 1. The lowest BCUT2D eigenvalue weighted by Crippen LogP contribution is -2.46. The van der Waals surface area contributed by atoms with E-state index in [0.29, 0.717) is 30.5 Å². The van der Waals surface area contributed by atoms with Crippen molar-refractivity contribution in [3.05, 3.63) is 24.7 Å². The number of hydrogen-bond acceptors (Lipinski definition) is 9. The summed E-state index contributed by atoms with van der Waals surface area (Å²) in [5.74, 6) is 1.42. The quantitative estimate of drug-likeness (QED) is 0.392. The smallest absolute Gasteiger partial charge is 0.229 e. The van der Waals surface area contributed by atoms with Crippen LogP contribution in [0.2, 0.25) is 0 Å². The topological polar surface area (TPSA) is 118 Å². The van der Waals surface area contributed by atoms with Crippen LogP contribution in [-0.4, -0.2) is 80.8 Å². The summed E-state index contributed by atoms with van der Waals surface area (Å²) in [5.41, 5.74) is 2.78. The molecular formula is C28H39N9O2. The summed E-state index contributed by atoms with van der Waals surface area (Å²) in [6.45, 7) is 6.12. The van der Waals surface area contributed by atoms with Gasteiger partial charge in [0, 0.05) is 63.7 Å². The van der Waals surface area contributed by atoms with E-state index in [1.807, 2.05) is 23.1 Å². The van der Waals surface area contributed by atoms with Crippen molar-refractivity contribution in [2.75, 3.05) is 50.2 Å². The first-order valence-electron chi connectivity index (χ1n) is 14.5. The molecule has 3 fully saturated rings. The Morgan fingerprint density at radius 1 is 0.974 bits per heavy atom. The van der Waals surface area contributed by atoms with Crippen molar-refractivity contribution in [3.8, 4) is 6.07 Å². The number of unbranched alkanes of at least 4 members (excludes halogenated alkanes) is 1. The normalized spacial score (nSPS) is 23.1. The maximum atomic E-state index is 9.03. The number of hydrogen-bond donors (Lipinski definition) is 2. The van der Waals surface area contributed by atoms with Gasteiger partial charge in [-0.05, 0) is 51.0 Å². The molecule has 0 spiro atoms. The minimum Gasteiger partial charge on any atom is -0.381 e. The maximum absolute atomic E-state index is 9.03. The molecule has 2 saturated heterocycles. The molecular weight excluding hydrogens is 494 g/mol. The highest BCUT2D eigenvalue weighted by Gasteiger charge is 2.28. The van der Waals surface area contributed by atoms with E-state index >= 15 is 0 Å². The van der Waals surface area contributed by atoms with Crippen LogP contribution in [0.1, 0.15) is 57.4 Å². The number of anilines is 3. The molecule has 39 heavy (non-hydrogen) atoms. The molecule has 1 aliphatic carbocycles. The Hall–Kier alpha value is -3.20. The number of aromatic nitrogens is 5. The van der Waals surface area contributed by atoms with Gasteiger partial charge < -0.3 is 24.7 Å². The molecule has 11 nitrogen and oxygen atoms in total. The van der Waals surface area contributed by atoms with Crippen LogP contribution in [-0.2, 0) is 16.0 Å². The predicted octanol–water partition coefficient (Wildman–Crippen LogP) is 4.08. The zero-order valence-electron chi connectivity index (χ0n) is 22.6. The van der Waals surface area contributed by atoms with Gasteiger partial charge >= 0.3 is 0 Å². The van der Waals surface area contributed by atoms with Crippen molar-refractivity contribution in [2.24, 2.45) is 0 Å². The molecule has 3 aromatic rings. The summed E-state index contributed by atoms with van der Waals surface area (Å²) in [4.78, 5) is 12.4. The van der Waals surface area contributed by atoms with Crippen molar-refractivity contribution in [1.29, 1.82) is 5.26 Å². The van der Waals surface area contributed by atoms with E-state index in [1.165, 1.54) is 12.8 Å². The van der Waals surface area contributed by atoms with Gasteiger partial charge in [-0.15, -0.1) is 0 Å². The highest BCUT2D eigenvalue weighted by molar-refractivity contribution is 5.88. The van der Waals surface area contributed by atoms with E-state index in [9.17, 15) is 0 Å². The SMILES string of the molecule is N#CCCCn1ccc2nc(Nc3cnn(C4CCOCC4)c3)nc(NC3CCC(N4CCOCC4)CC3)c21. The van der Waals surface area contributed by atoms with E-state index in [2.05, 4.69) is 37.5 Å². The van der Waals surface area contributed by atoms with Gasteiger partial charge in [-0.2, -0.15) is 15.3 Å². The largest absolute Gasteiger partial charge is 0.381 e. The van der Waals surface area contributed by atoms with Crippen molar-refractivity contribution in [3.63, 3.8) is 0 Å². The summed E-state index contributed by atoms with van der Waals surface area (Å²) in [6.07, 6.45) is 13.8. The fourth-order valence-electron chi connectivity index (χ4n) is 6.18. The Labute approximate surface area is 229 Å². The molecule has 2 N–H and O–H groups in total. The summed E-state index contributed by atoms with van der Waals surface area (Å²) in [5, 5.41) is 20.8. The van der Waals surface area contributed by atoms with Crippen LogP contribution in [0.15, 0.2) is 24.7 Å². The van der Waals surface area contributed by atoms with E-state index in [0.717, 1.165) is 101 Å². The first-order chi connectivity index (χ1) is 19.3. The molecule has 6 rings (SSSR count). The van der Waals surface area contributed by atoms with Crippen LogP contribution in [0.25, 0.3) is 11.0 Å². The Morgan fingerprint density at radius 2 is 1.77 bits per heavy atom. The van der Waals surface area contributed by atoms with Crippen molar-refractivity contribution in [2.45, 2.75) is 76.0 Å². The maximum Gasteiger partial charge on any atom is 0.229 e. The molecule has 11 heteroatoms. The summed E-state index contributed by atoms with van der Waals surface area (Å²) < 4.78 is 15.3. The lowest BCUT2D eigenvalue weighted by atomic mass is 9.90. The van der Waals surface area contributed by atoms with Crippen LogP contribution in [0.5, 0.6) is 0 Å². The Morgan fingerprint density at radius 3 is 2.56 bits per heavy atom. The molecule has 0 radical (unpaired) electrons. The first-order valence-corrected chi connectivity index (χ1v) is 14.5. The molecule has 3 aliphatic rings. The fraction of sp³-hybridized carbons (Fsp3) is 0.643. The summed E-state index contributed by atoms with van der Waals surface area (Å²) in [6, 6.07) is 5.68. The second kappa shape index (κ2) is 12.3. The molecule has 0 bridgehead atoms. The number of aryl methyl sites for hydroxylation is 1. The number of rotatable bonds is 9. The van der Waals surface area contributed by atoms with Crippen LogP contribution in [0.3, 0.4) is 0 Å². The highest BCUT2D eigenvalue weighted by Crippen LogP contribution is 2.30. The van der Waals surface area contributed by atoms with Gasteiger partial charge in [0.2, 0.25) is 5.95 Å². The zero-order chi connectivity index (χ0) is 26.4. The van der Waals surface area contributed by atoms with Crippen molar-refractivity contribution >= 4 is 28.5 Å². The van der Waals surface area contributed by atoms with Gasteiger partial charge in [0.1, 0.15) is 5.52 Å². The van der Waals surface area contributed by atoms with Crippen molar-refractivity contribution < 1.29 is 9.47 Å². The standard InChI is InChI=1S/C28H39N9O2/c29-10-1-2-11-36-12-7-25-26(36)27(31-21-3-5-23(6-4-21)35-13-17-39-18-14-35)34-28(33-25)32-22-19-30-37(20-22)24-8-15-38-16-9-24/h7,12,19-21,23-24H,1-6,8-9,11,13-18H2,(H2,31,32,33,34). The molecule has 1 saturated carbocycles. The van der Waals surface area contributed by atoms with Gasteiger partial charge in [-0.25, -0.2) is 4.98 Å². The van der Waals surface area contributed by atoms with Crippen LogP contribution < -0.4 is 10.6 Å². The Kier molecular flexibility index (Phi) is 8.23. The van der Waals surface area contributed by atoms with Gasteiger partial charge in [0.25, 0.3) is 0 Å². The van der Waals surface area contributed by atoms with Crippen LogP contribution >= 0.6 is 0 Å². The van der Waals surface area contributed by atoms with E-state index in [1.54, 1.807) is 0 Å². The third kappa shape index (κ3) is 6.19. The third-order valence-corrected chi connectivity index (χ3v) is 8.32. The minimum atomic E-state index is 0.366. The number of ether oxygens (including phenoxy) is 2.